The molecule has 8 heteroatoms. The quantitative estimate of drug-likeness (QED) is 0.261. The Morgan fingerprint density at radius 1 is 0.781 bits per heavy atom. The molecule has 1 aromatic heterocycles. The van der Waals surface area contributed by atoms with Crippen LogP contribution in [0.4, 0.5) is 13.2 Å². The van der Waals surface area contributed by atoms with Crippen LogP contribution in [0.25, 0.3) is 22.5 Å². The zero-order valence-electron chi connectivity index (χ0n) is 16.6. The van der Waals surface area contributed by atoms with E-state index in [1.165, 1.54) is 18.2 Å². The fraction of sp³-hybridized carbons (Fsp3) is 0.0417. The van der Waals surface area contributed by atoms with Gasteiger partial charge in [0.25, 0.3) is 0 Å². The van der Waals surface area contributed by atoms with Crippen molar-refractivity contribution in [3.63, 3.8) is 0 Å². The minimum atomic E-state index is -4.48. The van der Waals surface area contributed by atoms with Gasteiger partial charge in [0.2, 0.25) is 0 Å². The first-order chi connectivity index (χ1) is 15.3. The van der Waals surface area contributed by atoms with Gasteiger partial charge >= 0.3 is 6.18 Å². The van der Waals surface area contributed by atoms with Crippen molar-refractivity contribution in [2.45, 2.75) is 6.18 Å². The van der Waals surface area contributed by atoms with E-state index in [9.17, 15) is 18.3 Å². The molecule has 4 aromatic rings. The van der Waals surface area contributed by atoms with Crippen molar-refractivity contribution in [1.29, 1.82) is 0 Å². The summed E-state index contributed by atoms with van der Waals surface area (Å²) < 4.78 is 39.8. The summed E-state index contributed by atoms with van der Waals surface area (Å²) in [5.41, 5.74) is 1.83. The zero-order valence-corrected chi connectivity index (χ0v) is 16.6. The number of halogens is 3. The van der Waals surface area contributed by atoms with Gasteiger partial charge < -0.3 is 10.9 Å². The van der Waals surface area contributed by atoms with E-state index in [0.29, 0.717) is 17.0 Å². The van der Waals surface area contributed by atoms with Gasteiger partial charge in [-0.25, -0.2) is 9.97 Å². The van der Waals surface area contributed by atoms with Gasteiger partial charge in [0.15, 0.2) is 5.82 Å². The van der Waals surface area contributed by atoms with Crippen LogP contribution in [0.1, 0.15) is 17.0 Å². The highest BCUT2D eigenvalue weighted by molar-refractivity contribution is 6.10. The van der Waals surface area contributed by atoms with Crippen LogP contribution in [0.2, 0.25) is 0 Å². The number of phenolic OH excluding ortho intramolecular Hbond substituents is 1. The number of hydrogen-bond donors (Lipinski definition) is 2. The van der Waals surface area contributed by atoms with Crippen LogP contribution in [-0.2, 0) is 6.18 Å². The molecule has 0 aliphatic heterocycles. The van der Waals surface area contributed by atoms with E-state index in [0.717, 1.165) is 17.7 Å². The van der Waals surface area contributed by atoms with E-state index in [1.54, 1.807) is 24.3 Å². The van der Waals surface area contributed by atoms with Crippen molar-refractivity contribution in [2.24, 2.45) is 10.9 Å². The largest absolute Gasteiger partial charge is 0.508 e. The minimum Gasteiger partial charge on any atom is -0.508 e. The number of phenols is 1. The SMILES string of the molecule is N/N=C(\c1ccc(O)cc1)c1nc(-c2ccccc2)cc(-c2cccc(C(F)(F)F)c2)n1. The molecule has 0 bridgehead atoms. The average molecular weight is 434 g/mol. The Hall–Kier alpha value is -4.20. The van der Waals surface area contributed by atoms with Crippen LogP contribution in [0.15, 0.2) is 90.0 Å². The highest BCUT2D eigenvalue weighted by atomic mass is 19.4. The van der Waals surface area contributed by atoms with Crippen molar-refractivity contribution >= 4 is 5.71 Å². The highest BCUT2D eigenvalue weighted by Crippen LogP contribution is 2.32. The lowest BCUT2D eigenvalue weighted by molar-refractivity contribution is -0.137. The Morgan fingerprint density at radius 3 is 2.03 bits per heavy atom. The molecule has 3 N–H and O–H groups in total. The average Bonchev–Trinajstić information content (AvgIpc) is 2.81. The van der Waals surface area contributed by atoms with Gasteiger partial charge in [-0.2, -0.15) is 18.3 Å². The molecule has 0 aliphatic rings. The summed E-state index contributed by atoms with van der Waals surface area (Å²) in [6.45, 7) is 0. The van der Waals surface area contributed by atoms with E-state index in [4.69, 9.17) is 5.84 Å². The molecule has 5 nitrogen and oxygen atoms in total. The number of hydrogen-bond acceptors (Lipinski definition) is 5. The van der Waals surface area contributed by atoms with Crippen molar-refractivity contribution in [3.8, 4) is 28.3 Å². The molecule has 160 valence electrons. The Kier molecular flexibility index (Phi) is 5.59. The fourth-order valence-electron chi connectivity index (χ4n) is 3.19. The second-order valence-electron chi connectivity index (χ2n) is 6.93. The van der Waals surface area contributed by atoms with Crippen LogP contribution >= 0.6 is 0 Å². The number of nitrogens with zero attached hydrogens (tertiary/aromatic N) is 3. The second-order valence-corrected chi connectivity index (χ2v) is 6.93. The molecular formula is C24H17F3N4O. The Bertz CT molecular complexity index is 1270. The highest BCUT2D eigenvalue weighted by Gasteiger charge is 2.30. The molecule has 0 spiro atoms. The summed E-state index contributed by atoms with van der Waals surface area (Å²) >= 11 is 0. The zero-order chi connectivity index (χ0) is 22.7. The van der Waals surface area contributed by atoms with E-state index in [1.807, 2.05) is 30.3 Å². The third kappa shape index (κ3) is 4.44. The topological polar surface area (TPSA) is 84.4 Å². The Labute approximate surface area is 181 Å². The summed E-state index contributed by atoms with van der Waals surface area (Å²) in [5, 5.41) is 13.4. The molecule has 0 radical (unpaired) electrons. The summed E-state index contributed by atoms with van der Waals surface area (Å²) in [4.78, 5) is 9.03. The van der Waals surface area contributed by atoms with E-state index in [-0.39, 0.29) is 22.8 Å². The van der Waals surface area contributed by atoms with Gasteiger partial charge in [-0.3, -0.25) is 0 Å². The van der Waals surface area contributed by atoms with Crippen LogP contribution in [0.5, 0.6) is 5.75 Å². The van der Waals surface area contributed by atoms with Crippen LogP contribution < -0.4 is 5.84 Å². The standard InChI is InChI=1S/C24H17F3N4O/c25-24(26,27)18-8-4-7-17(13-18)21-14-20(15-5-2-1-3-6-15)29-23(30-21)22(31-28)16-9-11-19(32)12-10-16/h1-14,32H,28H2/b31-22+. The third-order valence-corrected chi connectivity index (χ3v) is 4.76. The third-order valence-electron chi connectivity index (χ3n) is 4.76. The number of hydrazone groups is 1. The predicted octanol–water partition coefficient (Wildman–Crippen LogP) is 5.25. The maximum absolute atomic E-state index is 13.3. The maximum atomic E-state index is 13.3. The molecule has 0 saturated heterocycles. The molecule has 4 rings (SSSR count). The van der Waals surface area contributed by atoms with Gasteiger partial charge in [0.1, 0.15) is 11.5 Å². The number of nitrogens with two attached hydrogens (primary N) is 1. The molecule has 3 aromatic carbocycles. The van der Waals surface area contributed by atoms with Crippen LogP contribution in [-0.4, -0.2) is 20.8 Å². The maximum Gasteiger partial charge on any atom is 0.416 e. The molecule has 0 atom stereocenters. The number of aromatic nitrogens is 2. The van der Waals surface area contributed by atoms with E-state index in [2.05, 4.69) is 15.1 Å². The number of alkyl halides is 3. The Balaban J connectivity index is 1.91. The lowest BCUT2D eigenvalue weighted by atomic mass is 10.0. The molecule has 0 saturated carbocycles. The van der Waals surface area contributed by atoms with Gasteiger partial charge in [-0.15, -0.1) is 0 Å². The monoisotopic (exact) mass is 434 g/mol. The molecule has 0 amide bonds. The summed E-state index contributed by atoms with van der Waals surface area (Å²) in [5.74, 6) is 5.84. The van der Waals surface area contributed by atoms with Crippen LogP contribution in [0.3, 0.4) is 0 Å². The van der Waals surface area contributed by atoms with Gasteiger partial charge in [-0.05, 0) is 42.5 Å². The molecular weight excluding hydrogens is 417 g/mol. The normalized spacial score (nSPS) is 12.0. The molecule has 0 aliphatic carbocycles. The summed E-state index contributed by atoms with van der Waals surface area (Å²) in [6.07, 6.45) is -4.48. The molecule has 0 fully saturated rings. The van der Waals surface area contributed by atoms with Crippen molar-refractivity contribution in [1.82, 2.24) is 9.97 Å². The van der Waals surface area contributed by atoms with Crippen molar-refractivity contribution in [2.75, 3.05) is 0 Å². The minimum absolute atomic E-state index is 0.0636. The molecule has 1 heterocycles. The predicted molar refractivity (Wildman–Crippen MR) is 116 cm³/mol. The number of benzene rings is 3. The second kappa shape index (κ2) is 8.50. The fourth-order valence-corrected chi connectivity index (χ4v) is 3.19. The Morgan fingerprint density at radius 2 is 1.41 bits per heavy atom. The van der Waals surface area contributed by atoms with Gasteiger partial charge in [-0.1, -0.05) is 42.5 Å². The van der Waals surface area contributed by atoms with Crippen molar-refractivity contribution < 1.29 is 18.3 Å². The van der Waals surface area contributed by atoms with E-state index >= 15 is 0 Å². The molecule has 0 unspecified atom stereocenters. The summed E-state index contributed by atoms with van der Waals surface area (Å²) in [7, 11) is 0. The van der Waals surface area contributed by atoms with Gasteiger partial charge in [0.05, 0.1) is 17.0 Å². The first kappa shape index (κ1) is 21.0. The van der Waals surface area contributed by atoms with Gasteiger partial charge in [0, 0.05) is 16.7 Å². The first-order valence-corrected chi connectivity index (χ1v) is 9.55. The number of aromatic hydroxyl groups is 1. The summed E-state index contributed by atoms with van der Waals surface area (Å²) in [6, 6.07) is 21.9. The lowest BCUT2D eigenvalue weighted by Gasteiger charge is -2.12. The van der Waals surface area contributed by atoms with E-state index < -0.39 is 11.7 Å². The van der Waals surface area contributed by atoms with Crippen molar-refractivity contribution in [3.05, 3.63) is 102 Å². The number of rotatable bonds is 4. The first-order valence-electron chi connectivity index (χ1n) is 9.55. The smallest absolute Gasteiger partial charge is 0.416 e. The lowest BCUT2D eigenvalue weighted by Crippen LogP contribution is -2.12. The molecule has 32 heavy (non-hydrogen) atoms. The van der Waals surface area contributed by atoms with Crippen LogP contribution in [0, 0.1) is 0 Å².